The van der Waals surface area contributed by atoms with Crippen molar-refractivity contribution in [3.05, 3.63) is 34.1 Å². The van der Waals surface area contributed by atoms with Gasteiger partial charge in [0.25, 0.3) is 0 Å². The standard InChI is InChI=1S/C15H22BrFN2O/c1-14(2)8-10(15(3,4)20-14)13(19-18)9-5-6-11(16)12(17)7-9/h5-7,10,13,19H,8,18H2,1-4H3. The second kappa shape index (κ2) is 5.37. The number of hydrogen-bond acceptors (Lipinski definition) is 3. The Morgan fingerprint density at radius 3 is 2.50 bits per heavy atom. The fraction of sp³-hybridized carbons (Fsp3) is 0.600. The van der Waals surface area contributed by atoms with E-state index in [1.165, 1.54) is 6.07 Å². The fourth-order valence-electron chi connectivity index (χ4n) is 3.27. The van der Waals surface area contributed by atoms with Crippen LogP contribution in [0.4, 0.5) is 4.39 Å². The van der Waals surface area contributed by atoms with Crippen LogP contribution in [0.15, 0.2) is 22.7 Å². The molecule has 0 aliphatic carbocycles. The minimum Gasteiger partial charge on any atom is -0.369 e. The second-order valence-electron chi connectivity index (χ2n) is 6.59. The second-order valence-corrected chi connectivity index (χ2v) is 7.45. The van der Waals surface area contributed by atoms with Gasteiger partial charge >= 0.3 is 0 Å². The van der Waals surface area contributed by atoms with Crippen LogP contribution in [0.1, 0.15) is 45.7 Å². The molecular formula is C15H22BrFN2O. The summed E-state index contributed by atoms with van der Waals surface area (Å²) in [5.41, 5.74) is 3.17. The van der Waals surface area contributed by atoms with Crippen LogP contribution in [0.3, 0.4) is 0 Å². The van der Waals surface area contributed by atoms with Crippen molar-refractivity contribution in [1.29, 1.82) is 0 Å². The maximum Gasteiger partial charge on any atom is 0.137 e. The molecule has 1 aliphatic heterocycles. The molecule has 1 heterocycles. The molecule has 2 unspecified atom stereocenters. The highest BCUT2D eigenvalue weighted by Gasteiger charge is 2.49. The van der Waals surface area contributed by atoms with Gasteiger partial charge in [0.1, 0.15) is 5.82 Å². The molecule has 3 N–H and O–H groups in total. The van der Waals surface area contributed by atoms with Crippen LogP contribution < -0.4 is 11.3 Å². The van der Waals surface area contributed by atoms with E-state index >= 15 is 0 Å². The van der Waals surface area contributed by atoms with E-state index in [1.807, 2.05) is 6.07 Å². The van der Waals surface area contributed by atoms with Crippen LogP contribution >= 0.6 is 15.9 Å². The summed E-state index contributed by atoms with van der Waals surface area (Å²) in [6, 6.07) is 4.98. The summed E-state index contributed by atoms with van der Waals surface area (Å²) in [7, 11) is 0. The Kier molecular flexibility index (Phi) is 4.27. The van der Waals surface area contributed by atoms with Gasteiger partial charge in [-0.3, -0.25) is 11.3 Å². The molecule has 3 nitrogen and oxygen atoms in total. The zero-order valence-electron chi connectivity index (χ0n) is 12.3. The molecule has 0 saturated carbocycles. The first-order valence-corrected chi connectivity index (χ1v) is 7.57. The van der Waals surface area contributed by atoms with E-state index in [4.69, 9.17) is 10.6 Å². The molecule has 1 aromatic carbocycles. The number of halogens is 2. The van der Waals surface area contributed by atoms with Crippen LogP contribution in [0.25, 0.3) is 0 Å². The summed E-state index contributed by atoms with van der Waals surface area (Å²) in [6.07, 6.45) is 0.868. The van der Waals surface area contributed by atoms with E-state index in [2.05, 4.69) is 49.1 Å². The summed E-state index contributed by atoms with van der Waals surface area (Å²) >= 11 is 3.17. The van der Waals surface area contributed by atoms with Gasteiger partial charge in [-0.15, -0.1) is 0 Å². The monoisotopic (exact) mass is 344 g/mol. The molecule has 1 aromatic rings. The van der Waals surface area contributed by atoms with Crippen molar-refractivity contribution >= 4 is 15.9 Å². The maximum absolute atomic E-state index is 13.8. The molecule has 0 radical (unpaired) electrons. The van der Waals surface area contributed by atoms with Crippen LogP contribution in [0.2, 0.25) is 0 Å². The Morgan fingerprint density at radius 2 is 2.05 bits per heavy atom. The lowest BCUT2D eigenvalue weighted by Crippen LogP contribution is -2.41. The lowest BCUT2D eigenvalue weighted by Gasteiger charge is -2.33. The van der Waals surface area contributed by atoms with E-state index in [0.717, 1.165) is 12.0 Å². The maximum atomic E-state index is 13.8. The first-order chi connectivity index (χ1) is 9.16. The largest absolute Gasteiger partial charge is 0.369 e. The number of hydrazine groups is 1. The molecule has 0 aromatic heterocycles. The average molecular weight is 345 g/mol. The Bertz CT molecular complexity index is 505. The zero-order valence-corrected chi connectivity index (χ0v) is 13.9. The minimum atomic E-state index is -0.315. The summed E-state index contributed by atoms with van der Waals surface area (Å²) < 4.78 is 20.3. The Balaban J connectivity index is 2.35. The van der Waals surface area contributed by atoms with Gasteiger partial charge in [0, 0.05) is 5.92 Å². The van der Waals surface area contributed by atoms with Crippen molar-refractivity contribution in [2.24, 2.45) is 11.8 Å². The normalized spacial score (nSPS) is 25.6. The molecule has 2 rings (SSSR count). The number of benzene rings is 1. The molecule has 5 heteroatoms. The fourth-order valence-corrected chi connectivity index (χ4v) is 3.52. The predicted octanol–water partition coefficient (Wildman–Crippen LogP) is 3.69. The molecular weight excluding hydrogens is 323 g/mol. The number of nitrogens with two attached hydrogens (primary N) is 1. The van der Waals surface area contributed by atoms with Crippen molar-refractivity contribution in [1.82, 2.24) is 5.43 Å². The van der Waals surface area contributed by atoms with Gasteiger partial charge in [-0.05, 0) is 67.7 Å². The number of ether oxygens (including phenoxy) is 1. The van der Waals surface area contributed by atoms with Crippen molar-refractivity contribution in [2.45, 2.75) is 51.4 Å². The summed E-state index contributed by atoms with van der Waals surface area (Å²) in [6.45, 7) is 8.27. The quantitative estimate of drug-likeness (QED) is 0.649. The van der Waals surface area contributed by atoms with Gasteiger partial charge in [-0.1, -0.05) is 6.07 Å². The Labute approximate surface area is 128 Å². The van der Waals surface area contributed by atoms with E-state index in [9.17, 15) is 4.39 Å². The highest BCUT2D eigenvalue weighted by molar-refractivity contribution is 9.10. The van der Waals surface area contributed by atoms with Gasteiger partial charge in [-0.25, -0.2) is 4.39 Å². The molecule has 112 valence electrons. The third-order valence-electron chi connectivity index (χ3n) is 4.03. The van der Waals surface area contributed by atoms with Crippen molar-refractivity contribution in [3.63, 3.8) is 0 Å². The molecule has 20 heavy (non-hydrogen) atoms. The van der Waals surface area contributed by atoms with E-state index in [-0.39, 0.29) is 29.0 Å². The Morgan fingerprint density at radius 1 is 1.40 bits per heavy atom. The first kappa shape index (κ1) is 15.9. The van der Waals surface area contributed by atoms with Crippen molar-refractivity contribution in [3.8, 4) is 0 Å². The highest BCUT2D eigenvalue weighted by atomic mass is 79.9. The van der Waals surface area contributed by atoms with E-state index < -0.39 is 0 Å². The van der Waals surface area contributed by atoms with Gasteiger partial charge in [-0.2, -0.15) is 0 Å². The number of rotatable bonds is 3. The first-order valence-electron chi connectivity index (χ1n) is 6.77. The zero-order chi connectivity index (χ0) is 15.1. The lowest BCUT2D eigenvalue weighted by atomic mass is 9.79. The molecule has 1 saturated heterocycles. The molecule has 0 bridgehead atoms. The topological polar surface area (TPSA) is 47.3 Å². The summed E-state index contributed by atoms with van der Waals surface area (Å²) in [5.74, 6) is 5.63. The third kappa shape index (κ3) is 3.06. The SMILES string of the molecule is CC1(C)CC(C(NN)c2ccc(Br)c(F)c2)C(C)(C)O1. The van der Waals surface area contributed by atoms with Crippen molar-refractivity contribution in [2.75, 3.05) is 0 Å². The number of nitrogens with one attached hydrogen (secondary N) is 1. The molecule has 2 atom stereocenters. The Hall–Kier alpha value is -0.490. The average Bonchev–Trinajstić information content (AvgIpc) is 2.53. The van der Waals surface area contributed by atoms with Crippen LogP contribution in [-0.4, -0.2) is 11.2 Å². The summed E-state index contributed by atoms with van der Waals surface area (Å²) in [4.78, 5) is 0. The van der Waals surface area contributed by atoms with Gasteiger partial charge in [0.05, 0.1) is 21.7 Å². The van der Waals surface area contributed by atoms with E-state index in [1.54, 1.807) is 6.07 Å². The molecule has 0 spiro atoms. The molecule has 0 amide bonds. The summed E-state index contributed by atoms with van der Waals surface area (Å²) in [5, 5.41) is 0. The molecule has 1 aliphatic rings. The van der Waals surface area contributed by atoms with Crippen LogP contribution in [-0.2, 0) is 4.74 Å². The van der Waals surface area contributed by atoms with Crippen molar-refractivity contribution < 1.29 is 9.13 Å². The van der Waals surface area contributed by atoms with Crippen LogP contribution in [0.5, 0.6) is 0 Å². The third-order valence-corrected chi connectivity index (χ3v) is 4.67. The minimum absolute atomic E-state index is 0.144. The van der Waals surface area contributed by atoms with Gasteiger partial charge < -0.3 is 4.74 Å². The highest BCUT2D eigenvalue weighted by Crippen LogP contribution is 2.47. The molecule has 1 fully saturated rings. The van der Waals surface area contributed by atoms with Gasteiger partial charge in [0.15, 0.2) is 0 Å². The lowest BCUT2D eigenvalue weighted by molar-refractivity contribution is -0.0779. The van der Waals surface area contributed by atoms with Gasteiger partial charge in [0.2, 0.25) is 0 Å². The van der Waals surface area contributed by atoms with Crippen LogP contribution in [0, 0.1) is 11.7 Å². The predicted molar refractivity (Wildman–Crippen MR) is 81.5 cm³/mol. The smallest absolute Gasteiger partial charge is 0.137 e. The number of hydrogen-bond donors (Lipinski definition) is 2. The van der Waals surface area contributed by atoms with E-state index in [0.29, 0.717) is 4.47 Å².